The van der Waals surface area contributed by atoms with Crippen molar-refractivity contribution >= 4 is 15.9 Å². The Labute approximate surface area is 115 Å². The molecule has 0 saturated heterocycles. The Balaban J connectivity index is 1.96. The van der Waals surface area contributed by atoms with Gasteiger partial charge in [-0.2, -0.15) is 0 Å². The molecule has 1 unspecified atom stereocenters. The van der Waals surface area contributed by atoms with Crippen molar-refractivity contribution in [3.63, 3.8) is 0 Å². The number of rotatable bonds is 4. The van der Waals surface area contributed by atoms with E-state index in [2.05, 4.69) is 33.4 Å². The highest BCUT2D eigenvalue weighted by Gasteiger charge is 2.05. The third kappa shape index (κ3) is 3.65. The van der Waals surface area contributed by atoms with Crippen molar-refractivity contribution in [1.29, 1.82) is 0 Å². The summed E-state index contributed by atoms with van der Waals surface area (Å²) in [6.45, 7) is 2.80. The lowest BCUT2D eigenvalue weighted by Crippen LogP contribution is -2.18. The van der Waals surface area contributed by atoms with Crippen molar-refractivity contribution in [3.05, 3.63) is 69.9 Å². The number of benzene rings is 2. The molecule has 3 heteroatoms. The lowest BCUT2D eigenvalue weighted by molar-refractivity contribution is 0.565. The first-order chi connectivity index (χ1) is 8.65. The second-order valence-electron chi connectivity index (χ2n) is 4.28. The molecule has 1 nitrogen and oxygen atoms in total. The van der Waals surface area contributed by atoms with Gasteiger partial charge in [0, 0.05) is 17.1 Å². The van der Waals surface area contributed by atoms with Gasteiger partial charge in [-0.25, -0.2) is 4.39 Å². The van der Waals surface area contributed by atoms with E-state index in [1.165, 1.54) is 11.6 Å². The highest BCUT2D eigenvalue weighted by Crippen LogP contribution is 2.15. The summed E-state index contributed by atoms with van der Waals surface area (Å²) in [6, 6.07) is 15.0. The van der Waals surface area contributed by atoms with Crippen molar-refractivity contribution in [3.8, 4) is 0 Å². The van der Waals surface area contributed by atoms with Crippen LogP contribution in [0.1, 0.15) is 24.1 Å². The predicted octanol–water partition coefficient (Wildman–Crippen LogP) is 4.44. The first-order valence-electron chi connectivity index (χ1n) is 5.88. The monoisotopic (exact) mass is 307 g/mol. The van der Waals surface area contributed by atoms with Gasteiger partial charge in [-0.05, 0) is 42.3 Å². The molecule has 0 radical (unpaired) electrons. The second-order valence-corrected chi connectivity index (χ2v) is 5.20. The third-order valence-corrected chi connectivity index (χ3v) is 3.40. The minimum absolute atomic E-state index is 0.129. The SMILES string of the molecule is CC(NCc1ccc(Br)cc1)c1cccc(F)c1. The van der Waals surface area contributed by atoms with E-state index >= 15 is 0 Å². The van der Waals surface area contributed by atoms with E-state index in [-0.39, 0.29) is 11.9 Å². The average Bonchev–Trinajstić information content (AvgIpc) is 2.38. The Bertz CT molecular complexity index is 510. The molecular weight excluding hydrogens is 293 g/mol. The first kappa shape index (κ1) is 13.2. The highest BCUT2D eigenvalue weighted by atomic mass is 79.9. The van der Waals surface area contributed by atoms with Crippen LogP contribution in [0.5, 0.6) is 0 Å². The predicted molar refractivity (Wildman–Crippen MR) is 75.8 cm³/mol. The summed E-state index contributed by atoms with van der Waals surface area (Å²) in [4.78, 5) is 0. The lowest BCUT2D eigenvalue weighted by atomic mass is 10.1. The Morgan fingerprint density at radius 1 is 1.17 bits per heavy atom. The Morgan fingerprint density at radius 3 is 2.56 bits per heavy atom. The molecule has 18 heavy (non-hydrogen) atoms. The number of halogens is 2. The summed E-state index contributed by atoms with van der Waals surface area (Å²) in [7, 11) is 0. The standard InChI is InChI=1S/C15H15BrFN/c1-11(13-3-2-4-15(17)9-13)18-10-12-5-7-14(16)8-6-12/h2-9,11,18H,10H2,1H3. The quantitative estimate of drug-likeness (QED) is 0.880. The van der Waals surface area contributed by atoms with E-state index in [1.807, 2.05) is 25.1 Å². The van der Waals surface area contributed by atoms with Crippen molar-refractivity contribution in [2.75, 3.05) is 0 Å². The largest absolute Gasteiger partial charge is 0.306 e. The van der Waals surface area contributed by atoms with Crippen LogP contribution in [0.15, 0.2) is 53.0 Å². The van der Waals surface area contributed by atoms with E-state index in [4.69, 9.17) is 0 Å². The highest BCUT2D eigenvalue weighted by molar-refractivity contribution is 9.10. The molecule has 0 aromatic heterocycles. The van der Waals surface area contributed by atoms with E-state index in [9.17, 15) is 4.39 Å². The third-order valence-electron chi connectivity index (χ3n) is 2.87. The van der Waals surface area contributed by atoms with Gasteiger partial charge in [-0.3, -0.25) is 0 Å². The molecule has 0 fully saturated rings. The fourth-order valence-electron chi connectivity index (χ4n) is 1.77. The van der Waals surface area contributed by atoms with Gasteiger partial charge in [0.05, 0.1) is 0 Å². The molecule has 2 aromatic carbocycles. The van der Waals surface area contributed by atoms with Crippen LogP contribution in [-0.4, -0.2) is 0 Å². The molecule has 0 saturated carbocycles. The molecule has 1 atom stereocenters. The summed E-state index contributed by atoms with van der Waals surface area (Å²) in [5.41, 5.74) is 2.17. The van der Waals surface area contributed by atoms with Gasteiger partial charge in [0.15, 0.2) is 0 Å². The molecule has 94 valence electrons. The summed E-state index contributed by atoms with van der Waals surface area (Å²) >= 11 is 3.41. The lowest BCUT2D eigenvalue weighted by Gasteiger charge is -2.14. The Morgan fingerprint density at radius 2 is 1.89 bits per heavy atom. The van der Waals surface area contributed by atoms with Crippen LogP contribution in [0.3, 0.4) is 0 Å². The van der Waals surface area contributed by atoms with Gasteiger partial charge in [-0.1, -0.05) is 40.2 Å². The van der Waals surface area contributed by atoms with E-state index in [0.29, 0.717) is 0 Å². The Hall–Kier alpha value is -1.19. The number of nitrogens with one attached hydrogen (secondary N) is 1. The summed E-state index contributed by atoms with van der Waals surface area (Å²) in [5.74, 6) is -0.190. The zero-order valence-electron chi connectivity index (χ0n) is 10.2. The fraction of sp³-hybridized carbons (Fsp3) is 0.200. The fourth-order valence-corrected chi connectivity index (χ4v) is 2.03. The van der Waals surface area contributed by atoms with Gasteiger partial charge < -0.3 is 5.32 Å². The molecule has 0 amide bonds. The van der Waals surface area contributed by atoms with E-state index in [0.717, 1.165) is 16.6 Å². The molecule has 2 aromatic rings. The molecule has 0 aliphatic rings. The molecule has 0 aliphatic carbocycles. The number of hydrogen-bond acceptors (Lipinski definition) is 1. The van der Waals surface area contributed by atoms with Crippen LogP contribution in [0.25, 0.3) is 0 Å². The van der Waals surface area contributed by atoms with Gasteiger partial charge in [0.2, 0.25) is 0 Å². The van der Waals surface area contributed by atoms with Crippen molar-refractivity contribution in [1.82, 2.24) is 5.32 Å². The summed E-state index contributed by atoms with van der Waals surface area (Å²) in [5, 5.41) is 3.38. The minimum Gasteiger partial charge on any atom is -0.306 e. The summed E-state index contributed by atoms with van der Waals surface area (Å²) < 4.78 is 14.2. The number of hydrogen-bond donors (Lipinski definition) is 1. The molecule has 0 aliphatic heterocycles. The van der Waals surface area contributed by atoms with Crippen LogP contribution in [-0.2, 0) is 6.54 Å². The maximum Gasteiger partial charge on any atom is 0.123 e. The first-order valence-corrected chi connectivity index (χ1v) is 6.68. The van der Waals surface area contributed by atoms with Gasteiger partial charge in [-0.15, -0.1) is 0 Å². The molecule has 0 spiro atoms. The zero-order chi connectivity index (χ0) is 13.0. The minimum atomic E-state index is -0.190. The second kappa shape index (κ2) is 6.12. The molecule has 0 heterocycles. The molecule has 2 rings (SSSR count). The van der Waals surface area contributed by atoms with E-state index < -0.39 is 0 Å². The summed E-state index contributed by atoms with van der Waals surface area (Å²) in [6.07, 6.45) is 0. The van der Waals surface area contributed by atoms with Gasteiger partial charge in [0.1, 0.15) is 5.82 Å². The van der Waals surface area contributed by atoms with Crippen LogP contribution >= 0.6 is 15.9 Å². The van der Waals surface area contributed by atoms with Crippen LogP contribution < -0.4 is 5.32 Å². The van der Waals surface area contributed by atoms with Crippen LogP contribution in [0.2, 0.25) is 0 Å². The normalized spacial score (nSPS) is 12.4. The van der Waals surface area contributed by atoms with Crippen LogP contribution in [0.4, 0.5) is 4.39 Å². The smallest absolute Gasteiger partial charge is 0.123 e. The maximum absolute atomic E-state index is 13.1. The molecular formula is C15H15BrFN. The van der Waals surface area contributed by atoms with Crippen molar-refractivity contribution in [2.24, 2.45) is 0 Å². The van der Waals surface area contributed by atoms with Gasteiger partial charge in [0.25, 0.3) is 0 Å². The van der Waals surface area contributed by atoms with Crippen molar-refractivity contribution in [2.45, 2.75) is 19.5 Å². The topological polar surface area (TPSA) is 12.0 Å². The zero-order valence-corrected chi connectivity index (χ0v) is 11.7. The van der Waals surface area contributed by atoms with E-state index in [1.54, 1.807) is 12.1 Å². The molecule has 1 N–H and O–H groups in total. The van der Waals surface area contributed by atoms with Gasteiger partial charge >= 0.3 is 0 Å². The average molecular weight is 308 g/mol. The van der Waals surface area contributed by atoms with Crippen molar-refractivity contribution < 1.29 is 4.39 Å². The van der Waals surface area contributed by atoms with Crippen LogP contribution in [0, 0.1) is 5.82 Å². The Kier molecular flexibility index (Phi) is 4.50. The maximum atomic E-state index is 13.1. The molecule has 0 bridgehead atoms.